The lowest BCUT2D eigenvalue weighted by Gasteiger charge is -2.38. The summed E-state index contributed by atoms with van der Waals surface area (Å²) >= 11 is 0. The number of hydrogen-bond acceptors (Lipinski definition) is 5. The Morgan fingerprint density at radius 2 is 1.97 bits per heavy atom. The average Bonchev–Trinajstić information content (AvgIpc) is 3.26. The highest BCUT2D eigenvalue weighted by molar-refractivity contribution is 6.15. The smallest absolute Gasteiger partial charge is 0.309 e. The van der Waals surface area contributed by atoms with Crippen LogP contribution in [0.4, 0.5) is 11.4 Å². The number of nitrogens with one attached hydrogen (secondary N) is 1. The molecule has 9 heteroatoms. The lowest BCUT2D eigenvalue weighted by molar-refractivity contribution is -0.154. The van der Waals surface area contributed by atoms with Crippen molar-refractivity contribution in [2.45, 2.75) is 45.2 Å². The van der Waals surface area contributed by atoms with Gasteiger partial charge in [0.05, 0.1) is 41.4 Å². The number of nitriles is 1. The number of anilines is 2. The molecule has 1 aromatic heterocycles. The second kappa shape index (κ2) is 8.96. The van der Waals surface area contributed by atoms with Crippen LogP contribution >= 0.6 is 0 Å². The molecular weight excluding hydrogens is 458 g/mol. The zero-order valence-corrected chi connectivity index (χ0v) is 19.8. The minimum absolute atomic E-state index is 0.157. The standard InChI is InChI=1S/C27H25N5O4/c1-17-16-31-23(22(15-29-31)24(33)30-20-5-2-4-19(12-20)14-28)25(34)32(17)21-8-6-18(7-9-21)13-27(26(35)36)10-3-11-27/h2,4-9,12,15,17H,3,10-11,13,16H2,1H3,(H,30,33)(H,35,36)/t17-/m0/s1. The Morgan fingerprint density at radius 3 is 2.61 bits per heavy atom. The fraction of sp³-hybridized carbons (Fsp3) is 0.296. The minimum atomic E-state index is -0.754. The van der Waals surface area contributed by atoms with E-state index in [0.717, 1.165) is 12.0 Å². The first kappa shape index (κ1) is 23.3. The van der Waals surface area contributed by atoms with Gasteiger partial charge in [-0.05, 0) is 62.1 Å². The highest BCUT2D eigenvalue weighted by Gasteiger charge is 2.44. The summed E-state index contributed by atoms with van der Waals surface area (Å²) in [4.78, 5) is 40.0. The molecule has 9 nitrogen and oxygen atoms in total. The third kappa shape index (κ3) is 4.01. The number of carboxylic acid groups (broad SMARTS) is 1. The number of carbonyl (C=O) groups excluding carboxylic acids is 2. The Hall–Kier alpha value is -4.45. The van der Waals surface area contributed by atoms with Crippen LogP contribution < -0.4 is 10.2 Å². The van der Waals surface area contributed by atoms with Gasteiger partial charge in [0.15, 0.2) is 0 Å². The molecule has 182 valence electrons. The first-order valence-corrected chi connectivity index (χ1v) is 11.8. The molecule has 1 fully saturated rings. The fourth-order valence-corrected chi connectivity index (χ4v) is 5.03. The normalized spacial score (nSPS) is 18.1. The van der Waals surface area contributed by atoms with Crippen LogP contribution in [0.1, 0.15) is 58.2 Å². The topological polar surface area (TPSA) is 128 Å². The molecule has 0 radical (unpaired) electrons. The highest BCUT2D eigenvalue weighted by Crippen LogP contribution is 2.44. The van der Waals surface area contributed by atoms with Gasteiger partial charge in [-0.15, -0.1) is 0 Å². The van der Waals surface area contributed by atoms with Crippen LogP contribution in [0.25, 0.3) is 0 Å². The van der Waals surface area contributed by atoms with Gasteiger partial charge >= 0.3 is 5.97 Å². The third-order valence-electron chi connectivity index (χ3n) is 7.15. The summed E-state index contributed by atoms with van der Waals surface area (Å²) in [7, 11) is 0. The van der Waals surface area contributed by atoms with Crippen molar-refractivity contribution in [2.75, 3.05) is 10.2 Å². The molecular formula is C27H25N5O4. The number of benzene rings is 2. The summed E-state index contributed by atoms with van der Waals surface area (Å²) in [6.45, 7) is 2.33. The Labute approximate surface area is 208 Å². The molecule has 1 aliphatic carbocycles. The van der Waals surface area contributed by atoms with Crippen LogP contribution in [0.2, 0.25) is 0 Å². The van der Waals surface area contributed by atoms with Crippen LogP contribution in [-0.2, 0) is 17.8 Å². The molecule has 36 heavy (non-hydrogen) atoms. The van der Waals surface area contributed by atoms with Gasteiger partial charge in [0.25, 0.3) is 11.8 Å². The molecule has 2 heterocycles. The number of amides is 2. The van der Waals surface area contributed by atoms with Gasteiger partial charge in [-0.25, -0.2) is 0 Å². The van der Waals surface area contributed by atoms with Crippen molar-refractivity contribution in [2.24, 2.45) is 5.41 Å². The zero-order valence-electron chi connectivity index (χ0n) is 19.8. The predicted octanol–water partition coefficient (Wildman–Crippen LogP) is 3.85. The molecule has 0 spiro atoms. The van der Waals surface area contributed by atoms with Gasteiger partial charge in [0, 0.05) is 11.4 Å². The lowest BCUT2D eigenvalue weighted by Crippen LogP contribution is -2.47. The van der Waals surface area contributed by atoms with E-state index < -0.39 is 17.3 Å². The van der Waals surface area contributed by atoms with Gasteiger partial charge in [-0.2, -0.15) is 10.4 Å². The molecule has 1 saturated carbocycles. The van der Waals surface area contributed by atoms with Crippen LogP contribution in [0.3, 0.4) is 0 Å². The van der Waals surface area contributed by atoms with Crippen molar-refractivity contribution in [3.8, 4) is 6.07 Å². The molecule has 3 aromatic rings. The second-order valence-electron chi connectivity index (χ2n) is 9.54. The van der Waals surface area contributed by atoms with Crippen molar-refractivity contribution >= 4 is 29.2 Å². The van der Waals surface area contributed by atoms with E-state index in [1.165, 1.54) is 6.20 Å². The van der Waals surface area contributed by atoms with E-state index in [4.69, 9.17) is 5.26 Å². The maximum atomic E-state index is 13.6. The number of rotatable bonds is 6. The minimum Gasteiger partial charge on any atom is -0.481 e. The quantitative estimate of drug-likeness (QED) is 0.548. The number of aromatic nitrogens is 2. The predicted molar refractivity (Wildman–Crippen MR) is 132 cm³/mol. The van der Waals surface area contributed by atoms with Crippen LogP contribution in [0.5, 0.6) is 0 Å². The maximum Gasteiger partial charge on any atom is 0.309 e. The Morgan fingerprint density at radius 1 is 1.22 bits per heavy atom. The molecule has 0 unspecified atom stereocenters. The number of aliphatic carboxylic acids is 1. The maximum absolute atomic E-state index is 13.6. The average molecular weight is 484 g/mol. The lowest BCUT2D eigenvalue weighted by atomic mass is 9.65. The molecule has 0 saturated heterocycles. The molecule has 2 aliphatic rings. The van der Waals surface area contributed by atoms with Gasteiger partial charge in [-0.3, -0.25) is 19.1 Å². The van der Waals surface area contributed by atoms with Gasteiger partial charge < -0.3 is 15.3 Å². The summed E-state index contributed by atoms with van der Waals surface area (Å²) < 4.78 is 1.55. The number of carbonyl (C=O) groups is 3. The van der Waals surface area contributed by atoms with E-state index in [1.807, 2.05) is 37.3 Å². The number of hydrogen-bond donors (Lipinski definition) is 2. The Balaban J connectivity index is 1.38. The van der Waals surface area contributed by atoms with E-state index in [1.54, 1.807) is 33.8 Å². The summed E-state index contributed by atoms with van der Waals surface area (Å²) in [6.07, 6.45) is 4.15. The first-order valence-electron chi connectivity index (χ1n) is 11.8. The van der Waals surface area contributed by atoms with Gasteiger partial charge in [0.1, 0.15) is 5.69 Å². The van der Waals surface area contributed by atoms with E-state index in [2.05, 4.69) is 10.4 Å². The second-order valence-corrected chi connectivity index (χ2v) is 9.54. The summed E-state index contributed by atoms with van der Waals surface area (Å²) in [5.74, 6) is -1.57. The first-order chi connectivity index (χ1) is 17.3. The molecule has 2 N–H and O–H groups in total. The van der Waals surface area contributed by atoms with E-state index in [0.29, 0.717) is 42.7 Å². The molecule has 1 aliphatic heterocycles. The summed E-state index contributed by atoms with van der Waals surface area (Å²) in [5, 5.41) is 25.7. The fourth-order valence-electron chi connectivity index (χ4n) is 5.03. The van der Waals surface area contributed by atoms with Crippen molar-refractivity contribution in [1.82, 2.24) is 9.78 Å². The number of fused-ring (bicyclic) bond motifs is 1. The van der Waals surface area contributed by atoms with Crippen LogP contribution in [0, 0.1) is 16.7 Å². The molecule has 5 rings (SSSR count). The van der Waals surface area contributed by atoms with Crippen LogP contribution in [0.15, 0.2) is 54.7 Å². The highest BCUT2D eigenvalue weighted by atomic mass is 16.4. The zero-order chi connectivity index (χ0) is 25.4. The number of carboxylic acids is 1. The van der Waals surface area contributed by atoms with Crippen molar-refractivity contribution in [3.63, 3.8) is 0 Å². The molecule has 1 atom stereocenters. The SMILES string of the molecule is C[C@H]1Cn2ncc(C(=O)Nc3cccc(C#N)c3)c2C(=O)N1c1ccc(CC2(C(=O)O)CCC2)cc1. The molecule has 2 aromatic carbocycles. The van der Waals surface area contributed by atoms with Crippen molar-refractivity contribution in [3.05, 3.63) is 77.1 Å². The van der Waals surface area contributed by atoms with E-state index in [-0.39, 0.29) is 23.2 Å². The van der Waals surface area contributed by atoms with Gasteiger partial charge in [-0.1, -0.05) is 24.6 Å². The van der Waals surface area contributed by atoms with Crippen molar-refractivity contribution in [1.29, 1.82) is 5.26 Å². The largest absolute Gasteiger partial charge is 0.481 e. The summed E-state index contributed by atoms with van der Waals surface area (Å²) in [6, 6.07) is 15.8. The Kier molecular flexibility index (Phi) is 5.80. The monoisotopic (exact) mass is 483 g/mol. The van der Waals surface area contributed by atoms with E-state index >= 15 is 0 Å². The summed E-state index contributed by atoms with van der Waals surface area (Å²) in [5.41, 5.74) is 2.13. The number of nitrogens with zero attached hydrogens (tertiary/aromatic N) is 4. The third-order valence-corrected chi connectivity index (χ3v) is 7.15. The van der Waals surface area contributed by atoms with Crippen LogP contribution in [-0.4, -0.2) is 38.7 Å². The van der Waals surface area contributed by atoms with E-state index in [9.17, 15) is 19.5 Å². The molecule has 0 bridgehead atoms. The van der Waals surface area contributed by atoms with Gasteiger partial charge in [0.2, 0.25) is 0 Å². The van der Waals surface area contributed by atoms with Crippen molar-refractivity contribution < 1.29 is 19.5 Å². The Bertz CT molecular complexity index is 1400. The molecule has 2 amide bonds.